The van der Waals surface area contributed by atoms with Crippen molar-refractivity contribution in [3.8, 4) is 5.75 Å². The summed E-state index contributed by atoms with van der Waals surface area (Å²) >= 11 is 1.80. The van der Waals surface area contributed by atoms with E-state index in [9.17, 15) is 18.3 Å². The number of aromatic hydroxyl groups is 1. The summed E-state index contributed by atoms with van der Waals surface area (Å²) in [5.41, 5.74) is 1.09. The van der Waals surface area contributed by atoms with E-state index in [0.717, 1.165) is 5.56 Å². The first-order valence-electron chi connectivity index (χ1n) is 8.46. The summed E-state index contributed by atoms with van der Waals surface area (Å²) in [7, 11) is -2.41. The Morgan fingerprint density at radius 2 is 1.93 bits per heavy atom. The van der Waals surface area contributed by atoms with Gasteiger partial charge >= 0.3 is 10.2 Å². The number of phenolic OH excluding ortho intramolecular Hbond substituents is 1. The zero-order valence-corrected chi connectivity index (χ0v) is 18.5. The zero-order chi connectivity index (χ0) is 21.2. The third-order valence-electron chi connectivity index (χ3n) is 4.07. The maximum atomic E-state index is 12.2. The Kier molecular flexibility index (Phi) is 6.07. The van der Waals surface area contributed by atoms with Crippen molar-refractivity contribution < 1.29 is 18.3 Å². The van der Waals surface area contributed by atoms with Crippen LogP contribution in [0.15, 0.2) is 57.9 Å². The predicted octanol–water partition coefficient (Wildman–Crippen LogP) is 2.63. The molecule has 1 atom stereocenters. The molecule has 2 aromatic carbocycles. The zero-order valence-electron chi connectivity index (χ0n) is 15.5. The Hall–Kier alpha value is -2.67. The minimum atomic E-state index is -3.96. The Morgan fingerprint density at radius 3 is 2.59 bits per heavy atom. The number of carbonyl (C=O) groups is 1. The first kappa shape index (κ1) is 21.0. The van der Waals surface area contributed by atoms with Gasteiger partial charge in [-0.05, 0) is 24.6 Å². The smallest absolute Gasteiger partial charge is 0.345 e. The van der Waals surface area contributed by atoms with Gasteiger partial charge in [0, 0.05) is 7.05 Å². The van der Waals surface area contributed by atoms with Gasteiger partial charge in [-0.15, -0.1) is 4.40 Å². The van der Waals surface area contributed by atoms with Crippen LogP contribution < -0.4 is 10.0 Å². The third kappa shape index (κ3) is 4.85. The van der Waals surface area contributed by atoms with Gasteiger partial charge in [-0.2, -0.15) is 8.42 Å². The SMILES string of the molecule is C[C@@H](N=C1NS(=O)(=O)N=C1Nc1cccc(C(=O)N(C)I)c1O)c1ccccc1. The molecule has 0 radical (unpaired) electrons. The van der Waals surface area contributed by atoms with Crippen molar-refractivity contribution in [2.75, 3.05) is 12.4 Å². The van der Waals surface area contributed by atoms with Crippen molar-refractivity contribution in [3.05, 3.63) is 59.7 Å². The van der Waals surface area contributed by atoms with Gasteiger partial charge in [-0.1, -0.05) is 36.4 Å². The van der Waals surface area contributed by atoms with Gasteiger partial charge in [0.1, 0.15) is 0 Å². The summed E-state index contributed by atoms with van der Waals surface area (Å²) in [6.07, 6.45) is 0. The van der Waals surface area contributed by atoms with E-state index in [4.69, 9.17) is 0 Å². The van der Waals surface area contributed by atoms with Crippen molar-refractivity contribution in [1.29, 1.82) is 0 Å². The molecule has 0 saturated carbocycles. The first-order valence-corrected chi connectivity index (χ1v) is 10.9. The molecule has 0 spiro atoms. The molecule has 0 saturated heterocycles. The highest BCUT2D eigenvalue weighted by atomic mass is 127. The fourth-order valence-electron chi connectivity index (χ4n) is 2.64. The Labute approximate surface area is 182 Å². The Bertz CT molecular complexity index is 1100. The molecule has 1 amide bonds. The molecule has 9 nitrogen and oxygen atoms in total. The Balaban J connectivity index is 1.94. The lowest BCUT2D eigenvalue weighted by atomic mass is 10.1. The van der Waals surface area contributed by atoms with Crippen molar-refractivity contribution in [2.45, 2.75) is 13.0 Å². The van der Waals surface area contributed by atoms with Crippen LogP contribution in [0.25, 0.3) is 0 Å². The van der Waals surface area contributed by atoms with E-state index < -0.39 is 16.1 Å². The number of nitrogens with one attached hydrogen (secondary N) is 2. The van der Waals surface area contributed by atoms with Crippen LogP contribution in [0.1, 0.15) is 28.9 Å². The number of anilines is 1. The van der Waals surface area contributed by atoms with Crippen molar-refractivity contribution in [1.82, 2.24) is 7.84 Å². The average molecular weight is 527 g/mol. The Morgan fingerprint density at radius 1 is 1.24 bits per heavy atom. The molecule has 152 valence electrons. The van der Waals surface area contributed by atoms with Gasteiger partial charge in [0.05, 0.1) is 40.2 Å². The fraction of sp³-hybridized carbons (Fsp3) is 0.167. The second kappa shape index (κ2) is 8.37. The lowest BCUT2D eigenvalue weighted by molar-refractivity contribution is 0.0903. The minimum absolute atomic E-state index is 0.0171. The molecule has 1 heterocycles. The summed E-state index contributed by atoms with van der Waals surface area (Å²) in [6.45, 7) is 1.82. The van der Waals surface area contributed by atoms with E-state index in [1.165, 1.54) is 15.2 Å². The van der Waals surface area contributed by atoms with Gasteiger partial charge in [0.2, 0.25) is 0 Å². The molecule has 0 bridgehead atoms. The van der Waals surface area contributed by atoms with Crippen LogP contribution in [-0.2, 0) is 10.2 Å². The third-order valence-corrected chi connectivity index (χ3v) is 5.38. The molecule has 1 aliphatic rings. The number of hydrogen-bond acceptors (Lipinski definition) is 6. The highest BCUT2D eigenvalue weighted by Gasteiger charge is 2.28. The number of aliphatic imine (C=N–C) groups is 1. The van der Waals surface area contributed by atoms with E-state index in [2.05, 4.69) is 19.4 Å². The van der Waals surface area contributed by atoms with Gasteiger partial charge in [-0.3, -0.25) is 12.9 Å². The molecule has 2 aromatic rings. The van der Waals surface area contributed by atoms with Gasteiger partial charge in [0.25, 0.3) is 5.91 Å². The monoisotopic (exact) mass is 527 g/mol. The van der Waals surface area contributed by atoms with E-state index in [1.54, 1.807) is 36.0 Å². The van der Waals surface area contributed by atoms with Crippen LogP contribution in [-0.4, -0.2) is 41.3 Å². The summed E-state index contributed by atoms with van der Waals surface area (Å²) in [6, 6.07) is 13.6. The molecule has 1 aliphatic heterocycles. The quantitative estimate of drug-likeness (QED) is 0.321. The number of carbonyl (C=O) groups excluding carboxylic acids is 1. The lowest BCUT2D eigenvalue weighted by Gasteiger charge is -2.14. The summed E-state index contributed by atoms with van der Waals surface area (Å²) in [4.78, 5) is 16.6. The number of phenols is 1. The van der Waals surface area contributed by atoms with Crippen LogP contribution in [0.4, 0.5) is 5.69 Å². The number of amides is 1. The summed E-state index contributed by atoms with van der Waals surface area (Å²) in [5.74, 6) is -0.778. The van der Waals surface area contributed by atoms with Crippen LogP contribution in [0.3, 0.4) is 0 Å². The first-order chi connectivity index (χ1) is 13.7. The van der Waals surface area contributed by atoms with E-state index in [-0.39, 0.29) is 34.7 Å². The molecular formula is C18H18IN5O4S. The van der Waals surface area contributed by atoms with Gasteiger partial charge < -0.3 is 10.4 Å². The van der Waals surface area contributed by atoms with E-state index in [0.29, 0.717) is 0 Å². The van der Waals surface area contributed by atoms with Gasteiger partial charge in [0.15, 0.2) is 17.4 Å². The highest BCUT2D eigenvalue weighted by molar-refractivity contribution is 14.1. The highest BCUT2D eigenvalue weighted by Crippen LogP contribution is 2.29. The number of nitrogens with zero attached hydrogens (tertiary/aromatic N) is 3. The number of hydrogen-bond donors (Lipinski definition) is 3. The van der Waals surface area contributed by atoms with Crippen molar-refractivity contribution in [3.63, 3.8) is 0 Å². The van der Waals surface area contributed by atoms with Crippen LogP contribution in [0.2, 0.25) is 0 Å². The molecule has 0 unspecified atom stereocenters. The second-order valence-corrected chi connectivity index (χ2v) is 8.97. The van der Waals surface area contributed by atoms with Crippen LogP contribution in [0, 0.1) is 0 Å². The standard InChI is InChI=1S/C18H18IN5O4S/c1-11(12-7-4-3-5-8-12)20-16-17(23-29(27,28)22-16)21-14-10-6-9-13(15(14)25)18(26)24(2)19/h3-11,25H,1-2H3,(H,20,22)(H,21,23)/t11-/m1/s1. The normalized spacial score (nSPS) is 17.3. The molecule has 3 N–H and O–H groups in total. The molecular weight excluding hydrogens is 509 g/mol. The maximum Gasteiger partial charge on any atom is 0.345 e. The molecule has 11 heteroatoms. The maximum absolute atomic E-state index is 12.2. The molecule has 3 rings (SSSR count). The molecule has 29 heavy (non-hydrogen) atoms. The largest absolute Gasteiger partial charge is 0.505 e. The lowest BCUT2D eigenvalue weighted by Crippen LogP contribution is -2.31. The number of rotatable bonds is 4. The number of para-hydroxylation sites is 1. The van der Waals surface area contributed by atoms with Crippen LogP contribution in [0.5, 0.6) is 5.75 Å². The van der Waals surface area contributed by atoms with E-state index >= 15 is 0 Å². The molecule has 0 aromatic heterocycles. The number of halogens is 1. The fourth-order valence-corrected chi connectivity index (χ4v) is 3.71. The number of amidine groups is 2. The summed E-state index contributed by atoms with van der Waals surface area (Å²) < 4.78 is 31.1. The topological polar surface area (TPSA) is 123 Å². The van der Waals surface area contributed by atoms with Crippen molar-refractivity contribution >= 4 is 56.3 Å². The minimum Gasteiger partial charge on any atom is -0.505 e. The van der Waals surface area contributed by atoms with Crippen molar-refractivity contribution in [2.24, 2.45) is 9.39 Å². The predicted molar refractivity (Wildman–Crippen MR) is 120 cm³/mol. The molecule has 0 aliphatic carbocycles. The van der Waals surface area contributed by atoms with Gasteiger partial charge in [-0.25, -0.2) is 4.72 Å². The summed E-state index contributed by atoms with van der Waals surface area (Å²) in [5, 5.41) is 13.2. The molecule has 0 fully saturated rings. The van der Waals surface area contributed by atoms with Crippen LogP contribution >= 0.6 is 22.9 Å². The average Bonchev–Trinajstić information content (AvgIpc) is 2.96. The van der Waals surface area contributed by atoms with E-state index in [1.807, 2.05) is 37.3 Å². The second-order valence-electron chi connectivity index (χ2n) is 6.19. The number of benzene rings is 2.